The molecule has 0 spiro atoms. The number of hydrogen-bond donors (Lipinski definition) is 3. The van der Waals surface area contributed by atoms with Gasteiger partial charge in [-0.2, -0.15) is 0 Å². The number of piperidine rings is 1. The van der Waals surface area contributed by atoms with Crippen LogP contribution in [0.2, 0.25) is 5.02 Å². The van der Waals surface area contributed by atoms with Crippen molar-refractivity contribution >= 4 is 29.2 Å². The molecule has 0 bridgehead atoms. The highest BCUT2D eigenvalue weighted by molar-refractivity contribution is 6.30. The Kier molecular flexibility index (Phi) is 7.71. The Labute approximate surface area is 183 Å². The van der Waals surface area contributed by atoms with E-state index in [4.69, 9.17) is 11.6 Å². The Morgan fingerprint density at radius 3 is 2.23 bits per heavy atom. The summed E-state index contributed by atoms with van der Waals surface area (Å²) in [4.78, 5) is 28.0. The molecule has 2 aromatic carbocycles. The molecular formula is C23H29ClN4O2. The molecule has 1 heterocycles. The zero-order valence-electron chi connectivity index (χ0n) is 17.4. The fourth-order valence-corrected chi connectivity index (χ4v) is 3.75. The Balaban J connectivity index is 1.64. The van der Waals surface area contributed by atoms with Gasteiger partial charge in [-0.05, 0) is 56.5 Å². The molecule has 0 aromatic heterocycles. The molecule has 1 unspecified atom stereocenters. The van der Waals surface area contributed by atoms with Crippen molar-refractivity contribution in [3.8, 4) is 0 Å². The first-order valence-corrected chi connectivity index (χ1v) is 10.7. The topological polar surface area (TPSA) is 73.5 Å². The van der Waals surface area contributed by atoms with Crippen LogP contribution in [0.15, 0.2) is 54.6 Å². The van der Waals surface area contributed by atoms with Crippen LogP contribution >= 0.6 is 11.6 Å². The first-order valence-electron chi connectivity index (χ1n) is 10.3. The fraction of sp³-hybridized carbons (Fsp3) is 0.391. The monoisotopic (exact) mass is 428 g/mol. The molecule has 3 N–H and O–H groups in total. The Bertz CT molecular complexity index is 834. The van der Waals surface area contributed by atoms with Crippen molar-refractivity contribution in [1.82, 2.24) is 15.5 Å². The van der Waals surface area contributed by atoms with E-state index in [0.717, 1.165) is 31.5 Å². The molecular weight excluding hydrogens is 400 g/mol. The lowest BCUT2D eigenvalue weighted by atomic mass is 10.0. The zero-order valence-corrected chi connectivity index (χ0v) is 18.2. The van der Waals surface area contributed by atoms with Crippen molar-refractivity contribution in [2.45, 2.75) is 44.8 Å². The number of nitrogens with one attached hydrogen (secondary N) is 3. The van der Waals surface area contributed by atoms with Gasteiger partial charge in [-0.3, -0.25) is 4.79 Å². The minimum Gasteiger partial charge on any atom is -0.351 e. The van der Waals surface area contributed by atoms with Crippen molar-refractivity contribution < 1.29 is 9.59 Å². The van der Waals surface area contributed by atoms with Crippen molar-refractivity contribution in [1.29, 1.82) is 0 Å². The second-order valence-corrected chi connectivity index (χ2v) is 8.30. The second kappa shape index (κ2) is 10.5. The molecule has 1 fully saturated rings. The molecule has 1 atom stereocenters. The van der Waals surface area contributed by atoms with Gasteiger partial charge in [0.1, 0.15) is 6.04 Å². The number of carbonyl (C=O) groups is 2. The summed E-state index contributed by atoms with van der Waals surface area (Å²) in [6, 6.07) is 15.5. The number of likely N-dealkylation sites (tertiary alicyclic amines) is 1. The highest BCUT2D eigenvalue weighted by Crippen LogP contribution is 2.18. The summed E-state index contributed by atoms with van der Waals surface area (Å²) >= 11 is 5.89. The molecule has 6 nitrogen and oxygen atoms in total. The van der Waals surface area contributed by atoms with E-state index in [1.807, 2.05) is 30.3 Å². The summed E-state index contributed by atoms with van der Waals surface area (Å²) in [5.74, 6) is -0.199. The number of nitrogens with zero attached hydrogens (tertiary/aromatic N) is 1. The maximum atomic E-state index is 13.1. The van der Waals surface area contributed by atoms with E-state index < -0.39 is 12.1 Å². The van der Waals surface area contributed by atoms with Crippen molar-refractivity contribution in [2.24, 2.45) is 0 Å². The van der Waals surface area contributed by atoms with Gasteiger partial charge < -0.3 is 20.9 Å². The molecule has 7 heteroatoms. The Morgan fingerprint density at radius 2 is 1.63 bits per heavy atom. The largest absolute Gasteiger partial charge is 0.351 e. The normalized spacial score (nSPS) is 16.1. The molecule has 160 valence electrons. The molecule has 2 aromatic rings. The van der Waals surface area contributed by atoms with Crippen LogP contribution in [0.3, 0.4) is 0 Å². The summed E-state index contributed by atoms with van der Waals surface area (Å²) < 4.78 is 0. The fourth-order valence-electron chi connectivity index (χ4n) is 3.62. The third kappa shape index (κ3) is 6.21. The van der Waals surface area contributed by atoms with E-state index in [2.05, 4.69) is 34.7 Å². The van der Waals surface area contributed by atoms with Crippen LogP contribution in [-0.2, 0) is 4.79 Å². The maximum absolute atomic E-state index is 13.1. The smallest absolute Gasteiger partial charge is 0.320 e. The van der Waals surface area contributed by atoms with E-state index in [1.54, 1.807) is 24.3 Å². The molecule has 3 rings (SSSR count). The van der Waals surface area contributed by atoms with Crippen molar-refractivity contribution in [3.05, 3.63) is 65.2 Å². The molecule has 0 radical (unpaired) electrons. The minimum absolute atomic E-state index is 0.111. The van der Waals surface area contributed by atoms with Crippen LogP contribution in [0.1, 0.15) is 38.3 Å². The summed E-state index contributed by atoms with van der Waals surface area (Å²) in [6.07, 6.45) is 1.81. The van der Waals surface area contributed by atoms with E-state index in [0.29, 0.717) is 16.8 Å². The van der Waals surface area contributed by atoms with Crippen LogP contribution in [0, 0.1) is 0 Å². The summed E-state index contributed by atoms with van der Waals surface area (Å²) in [5.41, 5.74) is 1.34. The Hall–Kier alpha value is -2.57. The first kappa shape index (κ1) is 22.1. The minimum atomic E-state index is -0.776. The predicted octanol–water partition coefficient (Wildman–Crippen LogP) is 4.19. The maximum Gasteiger partial charge on any atom is 0.320 e. The standard InChI is InChI=1S/C23H29ClN4O2/c1-16(2)28-14-12-20(13-15-28)25-22(29)21(17-6-4-3-5-7-17)27-23(30)26-19-10-8-18(24)9-11-19/h3-11,16,20-21H,12-15H2,1-2H3,(H,25,29)(H2,26,27,30). The second-order valence-electron chi connectivity index (χ2n) is 7.86. The van der Waals surface area contributed by atoms with E-state index in [1.165, 1.54) is 0 Å². The SMILES string of the molecule is CC(C)N1CCC(NC(=O)C(NC(=O)Nc2ccc(Cl)cc2)c2ccccc2)CC1. The quantitative estimate of drug-likeness (QED) is 0.645. The van der Waals surface area contributed by atoms with E-state index >= 15 is 0 Å². The summed E-state index contributed by atoms with van der Waals surface area (Å²) in [5, 5.41) is 9.28. The number of rotatable bonds is 6. The highest BCUT2D eigenvalue weighted by atomic mass is 35.5. The van der Waals surface area contributed by atoms with Gasteiger partial charge >= 0.3 is 6.03 Å². The number of halogens is 1. The summed E-state index contributed by atoms with van der Waals surface area (Å²) in [6.45, 7) is 6.30. The lowest BCUT2D eigenvalue weighted by molar-refractivity contribution is -0.124. The summed E-state index contributed by atoms with van der Waals surface area (Å²) in [7, 11) is 0. The molecule has 1 aliphatic heterocycles. The third-order valence-electron chi connectivity index (χ3n) is 5.38. The predicted molar refractivity (Wildman–Crippen MR) is 121 cm³/mol. The van der Waals surface area contributed by atoms with E-state index in [-0.39, 0.29) is 11.9 Å². The molecule has 0 aliphatic carbocycles. The van der Waals surface area contributed by atoms with Crippen molar-refractivity contribution in [2.75, 3.05) is 18.4 Å². The van der Waals surface area contributed by atoms with Gasteiger partial charge in [0, 0.05) is 35.9 Å². The highest BCUT2D eigenvalue weighted by Gasteiger charge is 2.27. The van der Waals surface area contributed by atoms with Gasteiger partial charge in [-0.15, -0.1) is 0 Å². The third-order valence-corrected chi connectivity index (χ3v) is 5.63. The van der Waals surface area contributed by atoms with Crippen LogP contribution in [-0.4, -0.2) is 42.0 Å². The number of anilines is 1. The van der Waals surface area contributed by atoms with Gasteiger partial charge in [-0.25, -0.2) is 4.79 Å². The lowest BCUT2D eigenvalue weighted by Gasteiger charge is -2.35. The molecule has 1 aliphatic rings. The molecule has 30 heavy (non-hydrogen) atoms. The number of carbonyl (C=O) groups excluding carboxylic acids is 2. The van der Waals surface area contributed by atoms with E-state index in [9.17, 15) is 9.59 Å². The molecule has 3 amide bonds. The Morgan fingerprint density at radius 1 is 1.00 bits per heavy atom. The van der Waals surface area contributed by atoms with Crippen LogP contribution in [0.25, 0.3) is 0 Å². The zero-order chi connectivity index (χ0) is 21.5. The molecule has 0 saturated carbocycles. The molecule has 1 saturated heterocycles. The number of hydrogen-bond acceptors (Lipinski definition) is 3. The van der Waals surface area contributed by atoms with Gasteiger partial charge in [-0.1, -0.05) is 41.9 Å². The van der Waals surface area contributed by atoms with Crippen LogP contribution in [0.4, 0.5) is 10.5 Å². The van der Waals surface area contributed by atoms with Gasteiger partial charge in [0.25, 0.3) is 0 Å². The van der Waals surface area contributed by atoms with Crippen LogP contribution in [0.5, 0.6) is 0 Å². The van der Waals surface area contributed by atoms with Gasteiger partial charge in [0.05, 0.1) is 0 Å². The van der Waals surface area contributed by atoms with Gasteiger partial charge in [0.15, 0.2) is 0 Å². The average molecular weight is 429 g/mol. The van der Waals surface area contributed by atoms with Gasteiger partial charge in [0.2, 0.25) is 5.91 Å². The lowest BCUT2D eigenvalue weighted by Crippen LogP contribution is -2.50. The number of benzene rings is 2. The van der Waals surface area contributed by atoms with Crippen molar-refractivity contribution in [3.63, 3.8) is 0 Å². The average Bonchev–Trinajstić information content (AvgIpc) is 2.74. The van der Waals surface area contributed by atoms with Crippen LogP contribution < -0.4 is 16.0 Å². The first-order chi connectivity index (χ1) is 14.4. The number of urea groups is 1. The number of amides is 3.